The lowest BCUT2D eigenvalue weighted by atomic mass is 10.1. The molecular weight excluding hydrogens is 296 g/mol. The quantitative estimate of drug-likeness (QED) is 0.212. The lowest BCUT2D eigenvalue weighted by Gasteiger charge is -2.40. The van der Waals surface area contributed by atoms with Crippen molar-refractivity contribution >= 4 is 9.52 Å². The number of hydrogen-bond donors (Lipinski definition) is 0. The maximum Gasteiger partial charge on any atom is 0.0622 e. The van der Waals surface area contributed by atoms with Gasteiger partial charge in [0.1, 0.15) is 0 Å². The van der Waals surface area contributed by atoms with E-state index in [2.05, 4.69) is 49.8 Å². The van der Waals surface area contributed by atoms with E-state index in [0.29, 0.717) is 6.17 Å². The Kier molecular flexibility index (Phi) is 16.6. The van der Waals surface area contributed by atoms with Crippen LogP contribution in [0.4, 0.5) is 0 Å². The normalized spacial score (nSPS) is 12.3. The molecule has 0 amide bonds. The monoisotopic (exact) mass is 340 g/mol. The first-order valence-corrected chi connectivity index (χ1v) is 12.2. The summed E-state index contributed by atoms with van der Waals surface area (Å²) in [5.74, 6) is 0. The van der Waals surface area contributed by atoms with Crippen molar-refractivity contribution < 1.29 is 0 Å². The highest BCUT2D eigenvalue weighted by molar-refractivity contribution is 6.41. The van der Waals surface area contributed by atoms with Crippen molar-refractivity contribution in [3.63, 3.8) is 0 Å². The molecule has 0 rings (SSSR count). The molecule has 0 atom stereocenters. The Labute approximate surface area is 149 Å². The highest BCUT2D eigenvalue weighted by Gasteiger charge is 2.23. The van der Waals surface area contributed by atoms with Crippen molar-refractivity contribution in [1.82, 2.24) is 9.80 Å². The van der Waals surface area contributed by atoms with Crippen molar-refractivity contribution in [2.24, 2.45) is 0 Å². The first-order valence-electron chi connectivity index (χ1n) is 10.3. The summed E-state index contributed by atoms with van der Waals surface area (Å²) >= 11 is 0. The van der Waals surface area contributed by atoms with E-state index in [9.17, 15) is 0 Å². The van der Waals surface area contributed by atoms with Crippen LogP contribution in [-0.2, 0) is 0 Å². The molecule has 0 bridgehead atoms. The molecule has 0 radical (unpaired) electrons. The summed E-state index contributed by atoms with van der Waals surface area (Å²) in [7, 11) is 0.00166. The first-order chi connectivity index (χ1) is 11.2. The molecule has 0 N–H and O–H groups in total. The van der Waals surface area contributed by atoms with E-state index >= 15 is 0 Å². The SMILES string of the molecule is C=C[SiH2]CCCC(N(CCC)CCCC)N(CCC)CCCC. The van der Waals surface area contributed by atoms with Gasteiger partial charge < -0.3 is 0 Å². The summed E-state index contributed by atoms with van der Waals surface area (Å²) in [4.78, 5) is 5.59. The fraction of sp³-hybridized carbons (Fsp3) is 0.900. The fourth-order valence-corrected chi connectivity index (χ4v) is 4.19. The number of hydrogen-bond acceptors (Lipinski definition) is 2. The zero-order chi connectivity index (χ0) is 17.3. The Morgan fingerprint density at radius 2 is 1.30 bits per heavy atom. The second-order valence-corrected chi connectivity index (χ2v) is 8.69. The Morgan fingerprint density at radius 1 is 0.783 bits per heavy atom. The third-order valence-electron chi connectivity index (χ3n) is 4.58. The molecular formula is C20H44N2Si. The van der Waals surface area contributed by atoms with Gasteiger partial charge in [0.05, 0.1) is 6.17 Å². The van der Waals surface area contributed by atoms with Gasteiger partial charge in [0.15, 0.2) is 0 Å². The highest BCUT2D eigenvalue weighted by atomic mass is 28.2. The third kappa shape index (κ3) is 11.1. The van der Waals surface area contributed by atoms with Crippen LogP contribution in [0.5, 0.6) is 0 Å². The molecule has 0 aliphatic rings. The van der Waals surface area contributed by atoms with E-state index in [4.69, 9.17) is 0 Å². The molecule has 0 fully saturated rings. The topological polar surface area (TPSA) is 6.48 Å². The van der Waals surface area contributed by atoms with Gasteiger partial charge >= 0.3 is 0 Å². The zero-order valence-electron chi connectivity index (χ0n) is 16.7. The van der Waals surface area contributed by atoms with Crippen LogP contribution in [0.2, 0.25) is 6.04 Å². The third-order valence-corrected chi connectivity index (χ3v) is 5.90. The average Bonchev–Trinajstić information content (AvgIpc) is 2.56. The molecule has 3 heteroatoms. The van der Waals surface area contributed by atoms with Gasteiger partial charge in [-0.2, -0.15) is 0 Å². The van der Waals surface area contributed by atoms with Gasteiger partial charge in [-0.05, 0) is 58.3 Å². The van der Waals surface area contributed by atoms with Crippen molar-refractivity contribution in [3.8, 4) is 0 Å². The molecule has 23 heavy (non-hydrogen) atoms. The molecule has 2 nitrogen and oxygen atoms in total. The van der Waals surface area contributed by atoms with Crippen molar-refractivity contribution in [2.45, 2.75) is 91.3 Å². The van der Waals surface area contributed by atoms with Gasteiger partial charge in [0.25, 0.3) is 0 Å². The highest BCUT2D eigenvalue weighted by Crippen LogP contribution is 2.17. The Morgan fingerprint density at radius 3 is 1.70 bits per heavy atom. The molecule has 0 aromatic rings. The van der Waals surface area contributed by atoms with Gasteiger partial charge in [0, 0.05) is 9.52 Å². The lowest BCUT2D eigenvalue weighted by Crippen LogP contribution is -2.49. The largest absolute Gasteiger partial charge is 0.288 e. The van der Waals surface area contributed by atoms with Gasteiger partial charge in [-0.1, -0.05) is 53.0 Å². The summed E-state index contributed by atoms with van der Waals surface area (Å²) in [5, 5.41) is 0. The van der Waals surface area contributed by atoms with Crippen molar-refractivity contribution in [3.05, 3.63) is 12.3 Å². The predicted octanol–water partition coefficient (Wildman–Crippen LogP) is 4.85. The van der Waals surface area contributed by atoms with Gasteiger partial charge in [-0.3, -0.25) is 9.80 Å². The lowest BCUT2D eigenvalue weighted by molar-refractivity contribution is 0.0324. The maximum atomic E-state index is 3.93. The average molecular weight is 341 g/mol. The van der Waals surface area contributed by atoms with Crippen LogP contribution in [-0.4, -0.2) is 51.7 Å². The van der Waals surface area contributed by atoms with Crippen LogP contribution in [0.3, 0.4) is 0 Å². The van der Waals surface area contributed by atoms with Crippen LogP contribution >= 0.6 is 0 Å². The summed E-state index contributed by atoms with van der Waals surface area (Å²) in [6, 6.07) is 1.43. The van der Waals surface area contributed by atoms with Crippen molar-refractivity contribution in [1.29, 1.82) is 0 Å². The minimum absolute atomic E-state index is 0.00166. The van der Waals surface area contributed by atoms with Crippen LogP contribution in [0.15, 0.2) is 12.3 Å². The molecule has 0 spiro atoms. The Hall–Kier alpha value is -0.123. The minimum atomic E-state index is 0.00166. The van der Waals surface area contributed by atoms with Crippen LogP contribution in [0, 0.1) is 0 Å². The molecule has 0 aromatic heterocycles. The van der Waals surface area contributed by atoms with Crippen LogP contribution in [0.25, 0.3) is 0 Å². The predicted molar refractivity (Wildman–Crippen MR) is 110 cm³/mol. The van der Waals surface area contributed by atoms with Crippen LogP contribution in [0.1, 0.15) is 79.1 Å². The van der Waals surface area contributed by atoms with Gasteiger partial charge in [-0.25, -0.2) is 0 Å². The van der Waals surface area contributed by atoms with E-state index in [1.54, 1.807) is 0 Å². The Balaban J connectivity index is 4.89. The fourth-order valence-electron chi connectivity index (χ4n) is 3.33. The van der Waals surface area contributed by atoms with E-state index < -0.39 is 0 Å². The van der Waals surface area contributed by atoms with Gasteiger partial charge in [0.2, 0.25) is 0 Å². The summed E-state index contributed by atoms with van der Waals surface area (Å²) in [6.45, 7) is 18.3. The summed E-state index contributed by atoms with van der Waals surface area (Å²) < 4.78 is 0. The number of rotatable bonds is 17. The molecule has 0 saturated heterocycles. The Bertz CT molecular complexity index is 240. The molecule has 0 aliphatic carbocycles. The molecule has 0 aromatic carbocycles. The van der Waals surface area contributed by atoms with E-state index in [0.717, 1.165) is 0 Å². The summed E-state index contributed by atoms with van der Waals surface area (Å²) in [6.07, 6.45) is 11.3. The molecule has 0 unspecified atom stereocenters. The second-order valence-electron chi connectivity index (χ2n) is 6.83. The molecule has 0 saturated carbocycles. The molecule has 0 aliphatic heterocycles. The smallest absolute Gasteiger partial charge is 0.0622 e. The number of unbranched alkanes of at least 4 members (excludes halogenated alkanes) is 2. The maximum absolute atomic E-state index is 3.93. The summed E-state index contributed by atoms with van der Waals surface area (Å²) in [5.41, 5.74) is 2.21. The second kappa shape index (κ2) is 16.7. The van der Waals surface area contributed by atoms with E-state index in [1.807, 2.05) is 0 Å². The van der Waals surface area contributed by atoms with E-state index in [-0.39, 0.29) is 9.52 Å². The molecule has 138 valence electrons. The number of nitrogens with zero attached hydrogens (tertiary/aromatic N) is 2. The minimum Gasteiger partial charge on any atom is -0.288 e. The van der Waals surface area contributed by atoms with Crippen molar-refractivity contribution in [2.75, 3.05) is 26.2 Å². The van der Waals surface area contributed by atoms with Crippen LogP contribution < -0.4 is 0 Å². The van der Waals surface area contributed by atoms with Gasteiger partial charge in [-0.15, -0.1) is 12.3 Å². The first kappa shape index (κ1) is 22.9. The van der Waals surface area contributed by atoms with E-state index in [1.165, 1.54) is 83.6 Å². The molecule has 0 heterocycles. The zero-order valence-corrected chi connectivity index (χ0v) is 18.1. The standard InChI is InChI=1S/C20H44N2Si/c1-6-11-17-21(15-8-3)20(14-13-19-23-10-5)22(16-9-4)18-12-7-2/h10,20H,5-9,11-19,23H2,1-4H3.